The van der Waals surface area contributed by atoms with Crippen LogP contribution in [0.5, 0.6) is 23.0 Å². The summed E-state index contributed by atoms with van der Waals surface area (Å²) in [5, 5.41) is 13.7. The number of hydrogen-bond donors (Lipinski definition) is 2. The topological polar surface area (TPSA) is 98.7 Å². The van der Waals surface area contributed by atoms with Crippen LogP contribution in [0.2, 0.25) is 0 Å². The molecular weight excluding hydrogens is 584 g/mol. The summed E-state index contributed by atoms with van der Waals surface area (Å²) in [7, 11) is 6.33. The predicted molar refractivity (Wildman–Crippen MR) is 178 cm³/mol. The van der Waals surface area contributed by atoms with E-state index in [2.05, 4.69) is 16.8 Å². The van der Waals surface area contributed by atoms with E-state index in [1.807, 2.05) is 97.1 Å². The Morgan fingerprint density at radius 3 is 2.02 bits per heavy atom. The molecule has 9 nitrogen and oxygen atoms in total. The minimum absolute atomic E-state index is 0.369. The largest absolute Gasteiger partial charge is 0.506 e. The van der Waals surface area contributed by atoms with Crippen molar-refractivity contribution < 1.29 is 33.6 Å². The van der Waals surface area contributed by atoms with Crippen LogP contribution in [0.4, 0.5) is 16.2 Å². The third kappa shape index (κ3) is 6.17. The van der Waals surface area contributed by atoms with Crippen LogP contribution in [0.3, 0.4) is 0 Å². The lowest BCUT2D eigenvalue weighted by atomic mass is 9.75. The number of nitrogens with one attached hydrogen (secondary N) is 1. The Morgan fingerprint density at radius 1 is 0.848 bits per heavy atom. The van der Waals surface area contributed by atoms with Crippen molar-refractivity contribution in [2.24, 2.45) is 0 Å². The van der Waals surface area contributed by atoms with Crippen molar-refractivity contribution in [1.29, 1.82) is 0 Å². The molecule has 0 fully saturated rings. The normalized spacial score (nSPS) is 18.0. The molecule has 0 saturated heterocycles. The maximum atomic E-state index is 12.3. The van der Waals surface area contributed by atoms with E-state index in [-0.39, 0.29) is 6.04 Å². The second kappa shape index (κ2) is 14.0. The molecule has 46 heavy (non-hydrogen) atoms. The van der Waals surface area contributed by atoms with Gasteiger partial charge in [0.2, 0.25) is 0 Å². The van der Waals surface area contributed by atoms with Crippen LogP contribution in [0.1, 0.15) is 23.6 Å². The summed E-state index contributed by atoms with van der Waals surface area (Å²) < 4.78 is 28.3. The first-order valence-corrected chi connectivity index (χ1v) is 14.7. The van der Waals surface area contributed by atoms with E-state index in [4.69, 9.17) is 23.7 Å². The molecule has 9 heteroatoms. The summed E-state index contributed by atoms with van der Waals surface area (Å²) >= 11 is 0. The Labute approximate surface area is 269 Å². The molecule has 0 spiro atoms. The lowest BCUT2D eigenvalue weighted by Crippen LogP contribution is -2.57. The van der Waals surface area contributed by atoms with Crippen molar-refractivity contribution in [1.82, 2.24) is 0 Å². The summed E-state index contributed by atoms with van der Waals surface area (Å²) in [5.41, 5.74) is 2.86. The molecule has 0 aliphatic carbocycles. The zero-order chi connectivity index (χ0) is 32.7. The van der Waals surface area contributed by atoms with E-state index in [0.29, 0.717) is 35.0 Å². The number of ether oxygens (including phenoxy) is 5. The SMILES string of the molecule is C=CC(OC(=O)O)C1(c2ccc(OC)c(OC)c2)C=C(Nc2ccccc2)CC(c2ccc(OC)c(OC)c2)N1c1ccccc1. The first-order valence-electron chi connectivity index (χ1n) is 14.7. The van der Waals surface area contributed by atoms with E-state index < -0.39 is 17.8 Å². The van der Waals surface area contributed by atoms with E-state index >= 15 is 0 Å². The monoisotopic (exact) mass is 622 g/mol. The highest BCUT2D eigenvalue weighted by Gasteiger charge is 2.51. The number of nitrogens with zero attached hydrogens (tertiary/aromatic N) is 1. The number of hydrogen-bond acceptors (Lipinski definition) is 8. The van der Waals surface area contributed by atoms with Gasteiger partial charge in [0.25, 0.3) is 0 Å². The zero-order valence-electron chi connectivity index (χ0n) is 26.3. The van der Waals surface area contributed by atoms with E-state index in [1.54, 1.807) is 34.5 Å². The smallest absolute Gasteiger partial charge is 0.493 e. The molecule has 0 radical (unpaired) electrons. The lowest BCUT2D eigenvalue weighted by molar-refractivity contribution is 0.0410. The van der Waals surface area contributed by atoms with Crippen molar-refractivity contribution in [3.05, 3.63) is 133 Å². The highest BCUT2D eigenvalue weighted by molar-refractivity contribution is 5.65. The van der Waals surface area contributed by atoms with Crippen LogP contribution in [0.15, 0.2) is 121 Å². The fourth-order valence-corrected chi connectivity index (χ4v) is 6.17. The molecule has 3 unspecified atom stereocenters. The first-order chi connectivity index (χ1) is 22.4. The van der Waals surface area contributed by atoms with Crippen LogP contribution in [0, 0.1) is 0 Å². The van der Waals surface area contributed by atoms with Crippen molar-refractivity contribution in [3.8, 4) is 23.0 Å². The van der Waals surface area contributed by atoms with Gasteiger partial charge in [0.15, 0.2) is 29.1 Å². The number of benzene rings is 4. The Bertz CT molecular complexity index is 1690. The molecule has 4 aromatic carbocycles. The maximum absolute atomic E-state index is 12.3. The van der Waals surface area contributed by atoms with Crippen LogP contribution >= 0.6 is 0 Å². The van der Waals surface area contributed by atoms with Crippen molar-refractivity contribution in [2.75, 3.05) is 38.7 Å². The Hall–Kier alpha value is -5.57. The lowest BCUT2D eigenvalue weighted by Gasteiger charge is -2.53. The molecule has 238 valence electrons. The third-order valence-electron chi connectivity index (χ3n) is 8.14. The number of anilines is 2. The van der Waals surface area contributed by atoms with Gasteiger partial charge in [-0.3, -0.25) is 0 Å². The minimum atomic E-state index is -1.43. The summed E-state index contributed by atoms with van der Waals surface area (Å²) in [6.45, 7) is 4.06. The van der Waals surface area contributed by atoms with Gasteiger partial charge in [-0.15, -0.1) is 0 Å². The van der Waals surface area contributed by atoms with Crippen LogP contribution < -0.4 is 29.2 Å². The molecule has 2 N–H and O–H groups in total. The van der Waals surface area contributed by atoms with Crippen LogP contribution in [-0.4, -0.2) is 45.8 Å². The van der Waals surface area contributed by atoms with Gasteiger partial charge in [-0.2, -0.15) is 0 Å². The molecule has 0 saturated carbocycles. The molecule has 0 aromatic heterocycles. The van der Waals surface area contributed by atoms with Gasteiger partial charge >= 0.3 is 6.16 Å². The summed E-state index contributed by atoms with van der Waals surface area (Å²) in [6.07, 6.45) is 1.55. The van der Waals surface area contributed by atoms with Gasteiger partial charge < -0.3 is 39.0 Å². The third-order valence-corrected chi connectivity index (χ3v) is 8.14. The van der Waals surface area contributed by atoms with Gasteiger partial charge in [0.05, 0.1) is 34.5 Å². The first kappa shape index (κ1) is 31.8. The van der Waals surface area contributed by atoms with Crippen molar-refractivity contribution >= 4 is 17.5 Å². The summed E-state index contributed by atoms with van der Waals surface area (Å²) in [4.78, 5) is 14.5. The van der Waals surface area contributed by atoms with Gasteiger partial charge in [-0.25, -0.2) is 4.79 Å². The number of methoxy groups -OCH3 is 4. The second-order valence-corrected chi connectivity index (χ2v) is 10.6. The van der Waals surface area contributed by atoms with Crippen molar-refractivity contribution in [2.45, 2.75) is 24.1 Å². The summed E-state index contributed by atoms with van der Waals surface area (Å²) in [5.74, 6) is 2.17. The van der Waals surface area contributed by atoms with Gasteiger partial charge in [-0.05, 0) is 71.8 Å². The molecule has 0 bridgehead atoms. The second-order valence-electron chi connectivity index (χ2n) is 10.6. The highest BCUT2D eigenvalue weighted by atomic mass is 16.7. The Morgan fingerprint density at radius 2 is 1.43 bits per heavy atom. The van der Waals surface area contributed by atoms with E-state index in [9.17, 15) is 9.90 Å². The Balaban J connectivity index is 1.88. The maximum Gasteiger partial charge on any atom is 0.506 e. The van der Waals surface area contributed by atoms with Gasteiger partial charge in [0, 0.05) is 23.5 Å². The number of para-hydroxylation sites is 2. The fourth-order valence-electron chi connectivity index (χ4n) is 6.17. The Kier molecular flexibility index (Phi) is 9.71. The molecule has 1 aliphatic rings. The molecule has 3 atom stereocenters. The predicted octanol–water partition coefficient (Wildman–Crippen LogP) is 7.81. The van der Waals surface area contributed by atoms with Crippen molar-refractivity contribution in [3.63, 3.8) is 0 Å². The molecule has 0 amide bonds. The van der Waals surface area contributed by atoms with Gasteiger partial charge in [-0.1, -0.05) is 55.1 Å². The zero-order valence-corrected chi connectivity index (χ0v) is 26.3. The van der Waals surface area contributed by atoms with Crippen LogP contribution in [-0.2, 0) is 10.3 Å². The highest BCUT2D eigenvalue weighted by Crippen LogP contribution is 2.52. The quantitative estimate of drug-likeness (QED) is 0.121. The van der Waals surface area contributed by atoms with Gasteiger partial charge in [0.1, 0.15) is 5.54 Å². The fraction of sp³-hybridized carbons (Fsp3) is 0.216. The molecule has 1 heterocycles. The molecule has 5 rings (SSSR count). The average molecular weight is 623 g/mol. The molecule has 4 aromatic rings. The standard InChI is InChI=1S/C37H38N2O7/c1-6-35(46-36(40)41)37(26-18-20-32(43-3)34(22-26)45-5)24-28(38-27-13-9-7-10-14-27)23-30(39(37)29-15-11-8-12-16-29)25-17-19-31(42-2)33(21-25)44-4/h6-22,24,30,35,38H,1,23H2,2-5H3,(H,40,41). The molecule has 1 aliphatic heterocycles. The number of rotatable bonds is 12. The average Bonchev–Trinajstić information content (AvgIpc) is 3.10. The van der Waals surface area contributed by atoms with E-state index in [1.165, 1.54) is 6.08 Å². The summed E-state index contributed by atoms with van der Waals surface area (Å²) in [6, 6.07) is 30.6. The number of carbonyl (C=O) groups is 1. The minimum Gasteiger partial charge on any atom is -0.493 e. The van der Waals surface area contributed by atoms with Crippen LogP contribution in [0.25, 0.3) is 0 Å². The number of carboxylic acid groups (broad SMARTS) is 1. The van der Waals surface area contributed by atoms with E-state index in [0.717, 1.165) is 22.6 Å². The molecular formula is C37H38N2O7.